The van der Waals surface area contributed by atoms with E-state index in [0.717, 1.165) is 0 Å². The Kier molecular flexibility index (Phi) is 15.3. The summed E-state index contributed by atoms with van der Waals surface area (Å²) in [6.45, 7) is 0. The molecule has 0 atom stereocenters. The van der Waals surface area contributed by atoms with Crippen LogP contribution in [0, 0.1) is 0 Å². The molecule has 0 aromatic heterocycles. The SMILES string of the molecule is O=S(=O)([O-])[O-].O=S(=O)([O-])[O-].[Au+3].[NH4+]. The van der Waals surface area contributed by atoms with E-state index in [2.05, 4.69) is 0 Å². The summed E-state index contributed by atoms with van der Waals surface area (Å²) in [7, 11) is -10.3. The van der Waals surface area contributed by atoms with Crippen molar-refractivity contribution in [3.05, 3.63) is 0 Å². The number of rotatable bonds is 0. The van der Waals surface area contributed by atoms with Crippen molar-refractivity contribution in [2.45, 2.75) is 0 Å². The summed E-state index contributed by atoms with van der Waals surface area (Å²) in [5, 5.41) is 0. The topological polar surface area (TPSA) is 197 Å². The van der Waals surface area contributed by atoms with Gasteiger partial charge in [0.05, 0.1) is 0 Å². The van der Waals surface area contributed by atoms with Gasteiger partial charge in [-0.15, -0.1) is 0 Å². The smallest absolute Gasteiger partial charge is 0.759 e. The maximum atomic E-state index is 8.52. The summed E-state index contributed by atoms with van der Waals surface area (Å²) < 4.78 is 68.2. The molecule has 0 bridgehead atoms. The van der Waals surface area contributed by atoms with Gasteiger partial charge in [-0.1, -0.05) is 0 Å². The first-order valence-electron chi connectivity index (χ1n) is 1.33. The number of quaternary nitrogens is 1. The quantitative estimate of drug-likeness (QED) is 0.263. The minimum Gasteiger partial charge on any atom is -0.759 e. The maximum absolute atomic E-state index is 8.52. The van der Waals surface area contributed by atoms with Crippen LogP contribution in [0.15, 0.2) is 0 Å². The summed E-state index contributed by atoms with van der Waals surface area (Å²) in [6.07, 6.45) is 0. The van der Waals surface area contributed by atoms with Crippen molar-refractivity contribution in [2.75, 3.05) is 0 Å². The van der Waals surface area contributed by atoms with Crippen LogP contribution in [0.4, 0.5) is 0 Å². The van der Waals surface area contributed by atoms with Gasteiger partial charge in [0.15, 0.2) is 0 Å². The molecule has 0 saturated heterocycles. The molecule has 0 aromatic carbocycles. The van der Waals surface area contributed by atoms with Crippen LogP contribution in [0.2, 0.25) is 0 Å². The van der Waals surface area contributed by atoms with Crippen molar-refractivity contribution >= 4 is 20.8 Å². The van der Waals surface area contributed by atoms with Crippen LogP contribution in [-0.4, -0.2) is 35.0 Å². The Balaban J connectivity index is -0.0000000457. The molecule has 0 aliphatic rings. The van der Waals surface area contributed by atoms with E-state index < -0.39 is 20.8 Å². The third-order valence-electron chi connectivity index (χ3n) is 0. The molecule has 0 amide bonds. The molecule has 12 heteroatoms. The largest absolute Gasteiger partial charge is 3.00 e. The predicted molar refractivity (Wildman–Crippen MR) is 26.9 cm³/mol. The van der Waals surface area contributed by atoms with Crippen molar-refractivity contribution in [2.24, 2.45) is 0 Å². The molecule has 0 aliphatic carbocycles. The van der Waals surface area contributed by atoms with Crippen LogP contribution in [0.5, 0.6) is 0 Å². The fourth-order valence-corrected chi connectivity index (χ4v) is 0. The molecule has 0 aliphatic heterocycles. The minimum atomic E-state index is -5.17. The molecule has 12 heavy (non-hydrogen) atoms. The van der Waals surface area contributed by atoms with Gasteiger partial charge in [-0.2, -0.15) is 0 Å². The first kappa shape index (κ1) is 22.9. The van der Waals surface area contributed by atoms with E-state index in [4.69, 9.17) is 35.0 Å². The van der Waals surface area contributed by atoms with E-state index >= 15 is 0 Å². The fourth-order valence-electron chi connectivity index (χ4n) is 0. The van der Waals surface area contributed by atoms with E-state index in [-0.39, 0.29) is 28.5 Å². The molecule has 0 saturated carbocycles. The Morgan fingerprint density at radius 2 is 0.667 bits per heavy atom. The monoisotopic (exact) mass is 407 g/mol. The van der Waals surface area contributed by atoms with Crippen molar-refractivity contribution in [1.29, 1.82) is 0 Å². The van der Waals surface area contributed by atoms with Gasteiger partial charge in [0.1, 0.15) is 0 Å². The van der Waals surface area contributed by atoms with Crippen molar-refractivity contribution < 1.29 is 57.4 Å². The molecule has 0 rings (SSSR count). The summed E-state index contributed by atoms with van der Waals surface area (Å²) in [5.41, 5.74) is 0. The third kappa shape index (κ3) is 4800. The molecule has 0 fully saturated rings. The second kappa shape index (κ2) is 8.06. The van der Waals surface area contributed by atoms with Gasteiger partial charge in [-0.25, -0.2) is 0 Å². The van der Waals surface area contributed by atoms with E-state index in [1.165, 1.54) is 0 Å². The second-order valence-corrected chi connectivity index (χ2v) is 2.45. The van der Waals surface area contributed by atoms with Gasteiger partial charge in [-0.3, -0.25) is 16.8 Å². The molecule has 0 aromatic rings. The fraction of sp³-hybridized carbons (Fsp3) is 0. The average Bonchev–Trinajstić information content (AvgIpc) is 1.12. The first-order valence-corrected chi connectivity index (χ1v) is 4.00. The molecule has 0 radical (unpaired) electrons. The number of hydrogen-bond acceptors (Lipinski definition) is 8. The average molecular weight is 407 g/mol. The Morgan fingerprint density at radius 1 is 0.667 bits per heavy atom. The Morgan fingerprint density at radius 3 is 0.667 bits per heavy atom. The normalized spacial score (nSPS) is 9.67. The van der Waals surface area contributed by atoms with E-state index in [0.29, 0.717) is 0 Å². The molecule has 4 N–H and O–H groups in total. The summed E-state index contributed by atoms with van der Waals surface area (Å²) >= 11 is 0. The van der Waals surface area contributed by atoms with Gasteiger partial charge in [0.25, 0.3) is 0 Å². The van der Waals surface area contributed by atoms with Gasteiger partial charge in [-0.05, 0) is 0 Å². The van der Waals surface area contributed by atoms with E-state index in [9.17, 15) is 0 Å². The van der Waals surface area contributed by atoms with Gasteiger partial charge >= 0.3 is 22.4 Å². The summed E-state index contributed by atoms with van der Waals surface area (Å²) in [6, 6.07) is 0. The van der Waals surface area contributed by atoms with E-state index in [1.807, 2.05) is 0 Å². The van der Waals surface area contributed by atoms with Crippen molar-refractivity contribution in [3.8, 4) is 0 Å². The van der Waals surface area contributed by atoms with Gasteiger partial charge in [0.2, 0.25) is 0 Å². The minimum absolute atomic E-state index is 0. The summed E-state index contributed by atoms with van der Waals surface area (Å²) in [5.74, 6) is 0. The van der Waals surface area contributed by atoms with Crippen molar-refractivity contribution in [3.63, 3.8) is 0 Å². The third-order valence-corrected chi connectivity index (χ3v) is 0. The Hall–Kier alpha value is 0.440. The standard InChI is InChI=1S/Au.H3N.2H2O4S/c;;2*1-5(2,3)4/h;1H3;2*(H2,1,2,3,4)/q+3;;;/p-3. The van der Waals surface area contributed by atoms with Crippen LogP contribution in [0.3, 0.4) is 0 Å². The molecule has 0 spiro atoms. The molecule has 80 valence electrons. The Labute approximate surface area is 84.4 Å². The maximum Gasteiger partial charge on any atom is 3.00 e. The van der Waals surface area contributed by atoms with Crippen LogP contribution >= 0.6 is 0 Å². The second-order valence-electron chi connectivity index (χ2n) is 0.816. The van der Waals surface area contributed by atoms with Crippen LogP contribution < -0.4 is 6.15 Å². The zero-order chi connectivity index (χ0) is 9.00. The van der Waals surface area contributed by atoms with Crippen LogP contribution in [-0.2, 0) is 43.2 Å². The predicted octanol–water partition coefficient (Wildman–Crippen LogP) is -2.30. The molecular formula is H4AuNO8S2. The van der Waals surface area contributed by atoms with Crippen LogP contribution in [0.25, 0.3) is 0 Å². The molecule has 0 unspecified atom stereocenters. The van der Waals surface area contributed by atoms with E-state index in [1.54, 1.807) is 0 Å². The van der Waals surface area contributed by atoms with Crippen molar-refractivity contribution in [1.82, 2.24) is 6.15 Å². The first-order chi connectivity index (χ1) is 4.00. The molecule has 0 heterocycles. The molecular weight excluding hydrogens is 403 g/mol. The zero-order valence-corrected chi connectivity index (χ0v) is 9.18. The van der Waals surface area contributed by atoms with Gasteiger partial charge < -0.3 is 24.4 Å². The summed E-state index contributed by atoms with van der Waals surface area (Å²) in [4.78, 5) is 0. The Bertz CT molecular complexity index is 213. The molecule has 9 nitrogen and oxygen atoms in total. The van der Waals surface area contributed by atoms with Gasteiger partial charge in [0, 0.05) is 20.8 Å². The number of hydrogen-bond donors (Lipinski definition) is 1. The zero-order valence-electron chi connectivity index (χ0n) is 5.38. The van der Waals surface area contributed by atoms with Crippen LogP contribution in [0.1, 0.15) is 0 Å².